The number of nitrogens with one attached hydrogen (secondary N) is 1. The highest BCUT2D eigenvalue weighted by Gasteiger charge is 2.37. The van der Waals surface area contributed by atoms with Gasteiger partial charge in [0.05, 0.1) is 15.9 Å². The predicted octanol–water partition coefficient (Wildman–Crippen LogP) is 5.09. The summed E-state index contributed by atoms with van der Waals surface area (Å²) in [5.74, 6) is -1.68. The summed E-state index contributed by atoms with van der Waals surface area (Å²) in [6.45, 7) is 3.73. The highest BCUT2D eigenvalue weighted by Crippen LogP contribution is 2.37. The highest BCUT2D eigenvalue weighted by molar-refractivity contribution is 14.1. The largest absolute Gasteiger partial charge is 0.490 e. The van der Waals surface area contributed by atoms with Crippen molar-refractivity contribution < 1.29 is 31.7 Å². The van der Waals surface area contributed by atoms with Crippen molar-refractivity contribution in [3.63, 3.8) is 0 Å². The van der Waals surface area contributed by atoms with Gasteiger partial charge in [-0.1, -0.05) is 35.4 Å². The first-order chi connectivity index (χ1) is 18.0. The number of barbiturate groups is 1. The van der Waals surface area contributed by atoms with E-state index in [1.165, 1.54) is 42.5 Å². The molecule has 4 rings (SSSR count). The number of rotatable bonds is 7. The number of benzene rings is 3. The van der Waals surface area contributed by atoms with E-state index in [0.717, 1.165) is 10.5 Å². The molecule has 4 amide bonds. The number of anilines is 1. The zero-order chi connectivity index (χ0) is 27.6. The second-order valence-electron chi connectivity index (χ2n) is 8.05. The molecule has 0 spiro atoms. The van der Waals surface area contributed by atoms with E-state index in [-0.39, 0.29) is 34.3 Å². The minimum absolute atomic E-state index is 0.0252. The van der Waals surface area contributed by atoms with Crippen molar-refractivity contribution in [2.75, 3.05) is 11.5 Å². The molecule has 1 saturated heterocycles. The Balaban J connectivity index is 1.72. The third kappa shape index (κ3) is 5.84. The quantitative estimate of drug-likeness (QED) is 0.162. The molecule has 0 unspecified atom stereocenters. The topological polar surface area (TPSA) is 119 Å². The molecule has 0 saturated carbocycles. The molecule has 0 bridgehead atoms. The number of nitrogens with zero attached hydrogens (tertiary/aromatic N) is 1. The minimum atomic E-state index is -4.17. The van der Waals surface area contributed by atoms with Gasteiger partial charge in [-0.15, -0.1) is 0 Å². The molecular formula is C26H20ClIN2O7S. The van der Waals surface area contributed by atoms with Crippen LogP contribution in [0.2, 0.25) is 5.02 Å². The van der Waals surface area contributed by atoms with E-state index in [9.17, 15) is 22.8 Å². The molecule has 0 aromatic heterocycles. The molecule has 38 heavy (non-hydrogen) atoms. The lowest BCUT2D eigenvalue weighted by molar-refractivity contribution is -0.122. The summed E-state index contributed by atoms with van der Waals surface area (Å²) in [7, 11) is -4.17. The normalized spacial score (nSPS) is 15.0. The van der Waals surface area contributed by atoms with Crippen LogP contribution in [0.3, 0.4) is 0 Å². The van der Waals surface area contributed by atoms with Gasteiger partial charge in [-0.2, -0.15) is 8.42 Å². The molecule has 1 fully saturated rings. The van der Waals surface area contributed by atoms with Crippen LogP contribution in [0.5, 0.6) is 11.5 Å². The average molecular weight is 667 g/mol. The van der Waals surface area contributed by atoms with Gasteiger partial charge in [-0.05, 0) is 90.5 Å². The van der Waals surface area contributed by atoms with Crippen LogP contribution in [0.25, 0.3) is 6.08 Å². The molecule has 0 radical (unpaired) electrons. The van der Waals surface area contributed by atoms with Crippen LogP contribution >= 0.6 is 34.2 Å². The number of hydrogen-bond acceptors (Lipinski definition) is 7. The van der Waals surface area contributed by atoms with E-state index in [0.29, 0.717) is 14.2 Å². The molecule has 3 aromatic rings. The Labute approximate surface area is 237 Å². The molecule has 3 aromatic carbocycles. The first-order valence-electron chi connectivity index (χ1n) is 11.1. The van der Waals surface area contributed by atoms with Crippen molar-refractivity contribution in [3.8, 4) is 11.5 Å². The first-order valence-corrected chi connectivity index (χ1v) is 14.0. The SMILES string of the molecule is CCOc1cc(/C=C2\C(=O)NC(=O)N(c3cccc(Cl)c3)C2=O)cc(I)c1OS(=O)(=O)c1ccc(C)cc1. The van der Waals surface area contributed by atoms with Crippen molar-refractivity contribution in [2.45, 2.75) is 18.7 Å². The maximum absolute atomic E-state index is 13.2. The number of hydrogen-bond donors (Lipinski definition) is 1. The summed E-state index contributed by atoms with van der Waals surface area (Å²) in [5, 5.41) is 2.45. The van der Waals surface area contributed by atoms with E-state index < -0.39 is 28.0 Å². The van der Waals surface area contributed by atoms with Crippen LogP contribution in [0.4, 0.5) is 10.5 Å². The molecule has 0 aliphatic carbocycles. The Bertz CT molecular complexity index is 1590. The predicted molar refractivity (Wildman–Crippen MR) is 150 cm³/mol. The maximum Gasteiger partial charge on any atom is 0.339 e. The Kier molecular flexibility index (Phi) is 8.09. The molecule has 9 nitrogen and oxygen atoms in total. The van der Waals surface area contributed by atoms with Gasteiger partial charge in [-0.25, -0.2) is 9.69 Å². The molecule has 0 atom stereocenters. The number of carbonyl (C=O) groups is 3. The van der Waals surface area contributed by atoms with E-state index in [1.54, 1.807) is 31.2 Å². The molecule has 1 aliphatic rings. The Hall–Kier alpha value is -3.42. The fourth-order valence-electron chi connectivity index (χ4n) is 3.55. The van der Waals surface area contributed by atoms with Crippen molar-refractivity contribution in [1.29, 1.82) is 0 Å². The number of imide groups is 2. The summed E-state index contributed by atoms with van der Waals surface area (Å²) >= 11 is 7.88. The zero-order valence-electron chi connectivity index (χ0n) is 20.0. The van der Waals surface area contributed by atoms with Crippen LogP contribution in [-0.2, 0) is 19.7 Å². The summed E-state index contributed by atoms with van der Waals surface area (Å²) in [4.78, 5) is 39.0. The molecule has 1 N–H and O–H groups in total. The van der Waals surface area contributed by atoms with E-state index in [2.05, 4.69) is 5.32 Å². The van der Waals surface area contributed by atoms with Gasteiger partial charge >= 0.3 is 16.1 Å². The standard InChI is InChI=1S/C26H20ClIN2O7S/c1-3-36-22-13-16(12-21(28)23(22)37-38(34,35)19-9-7-15(2)8-10-19)11-20-24(31)29-26(33)30(25(20)32)18-6-4-5-17(27)14-18/h4-14H,3H2,1-2H3,(H,29,31,33)/b20-11+. The molecule has 12 heteroatoms. The molecule has 1 aliphatic heterocycles. The second-order valence-corrected chi connectivity index (χ2v) is 11.2. The van der Waals surface area contributed by atoms with Gasteiger partial charge in [0.25, 0.3) is 11.8 Å². The van der Waals surface area contributed by atoms with Crippen LogP contribution in [0.15, 0.2) is 71.1 Å². The van der Waals surface area contributed by atoms with Gasteiger partial charge in [0.2, 0.25) is 0 Å². The fourth-order valence-corrected chi connectivity index (χ4v) is 5.58. The van der Waals surface area contributed by atoms with Gasteiger partial charge in [0, 0.05) is 5.02 Å². The number of carbonyl (C=O) groups excluding carboxylic acids is 3. The smallest absolute Gasteiger partial charge is 0.339 e. The van der Waals surface area contributed by atoms with E-state index >= 15 is 0 Å². The van der Waals surface area contributed by atoms with Gasteiger partial charge < -0.3 is 8.92 Å². The van der Waals surface area contributed by atoms with Crippen molar-refractivity contribution in [2.24, 2.45) is 0 Å². The van der Waals surface area contributed by atoms with Crippen LogP contribution in [0, 0.1) is 10.5 Å². The Morgan fingerprint density at radius 3 is 2.42 bits per heavy atom. The molecule has 196 valence electrons. The van der Waals surface area contributed by atoms with Crippen molar-refractivity contribution in [3.05, 3.63) is 86.0 Å². The van der Waals surface area contributed by atoms with Crippen LogP contribution in [0.1, 0.15) is 18.1 Å². The number of amides is 4. The summed E-state index contributed by atoms with van der Waals surface area (Å²) in [6, 6.07) is 14.3. The maximum atomic E-state index is 13.2. The lowest BCUT2D eigenvalue weighted by Crippen LogP contribution is -2.54. The monoisotopic (exact) mass is 666 g/mol. The fraction of sp³-hybridized carbons (Fsp3) is 0.115. The van der Waals surface area contributed by atoms with Gasteiger partial charge in [0.15, 0.2) is 11.5 Å². The van der Waals surface area contributed by atoms with Gasteiger partial charge in [0.1, 0.15) is 10.5 Å². The van der Waals surface area contributed by atoms with E-state index in [1.807, 2.05) is 29.5 Å². The van der Waals surface area contributed by atoms with Crippen molar-refractivity contribution in [1.82, 2.24) is 5.32 Å². The third-order valence-electron chi connectivity index (χ3n) is 5.31. The van der Waals surface area contributed by atoms with Crippen LogP contribution < -0.4 is 19.1 Å². The Morgan fingerprint density at radius 1 is 1.05 bits per heavy atom. The second kappa shape index (κ2) is 11.1. The number of urea groups is 1. The third-order valence-corrected chi connectivity index (χ3v) is 7.59. The summed E-state index contributed by atoms with van der Waals surface area (Å²) in [6.07, 6.45) is 1.28. The number of ether oxygens (including phenoxy) is 1. The van der Waals surface area contributed by atoms with Crippen LogP contribution in [-0.4, -0.2) is 32.9 Å². The van der Waals surface area contributed by atoms with Gasteiger partial charge in [-0.3, -0.25) is 14.9 Å². The number of halogens is 2. The highest BCUT2D eigenvalue weighted by atomic mass is 127. The zero-order valence-corrected chi connectivity index (χ0v) is 23.8. The van der Waals surface area contributed by atoms with E-state index in [4.69, 9.17) is 20.5 Å². The number of aryl methyl sites for hydroxylation is 1. The average Bonchev–Trinajstić information content (AvgIpc) is 2.84. The lowest BCUT2D eigenvalue weighted by Gasteiger charge is -2.26. The Morgan fingerprint density at radius 2 is 1.76 bits per heavy atom. The summed E-state index contributed by atoms with van der Waals surface area (Å²) in [5.41, 5.74) is 1.11. The minimum Gasteiger partial charge on any atom is -0.490 e. The first kappa shape index (κ1) is 27.6. The summed E-state index contributed by atoms with van der Waals surface area (Å²) < 4.78 is 37.2. The molecule has 1 heterocycles. The molecular weight excluding hydrogens is 647 g/mol. The lowest BCUT2D eigenvalue weighted by atomic mass is 10.1. The van der Waals surface area contributed by atoms with Crippen molar-refractivity contribution >= 4 is 73.9 Å².